The highest BCUT2D eigenvalue weighted by Gasteiger charge is 2.43. The molecule has 0 spiro atoms. The highest BCUT2D eigenvalue weighted by molar-refractivity contribution is 5.51. The van der Waals surface area contributed by atoms with Crippen LogP contribution >= 0.6 is 0 Å². The fraction of sp³-hybridized carbons (Fsp3) is 0.150. The van der Waals surface area contributed by atoms with Crippen LogP contribution < -0.4 is 0 Å². The predicted octanol–water partition coefficient (Wildman–Crippen LogP) is 3.99. The Labute approximate surface area is 134 Å². The molecule has 0 bridgehead atoms. The maximum absolute atomic E-state index is 13.2. The topological polar surface area (TPSA) is 33.1 Å². The van der Waals surface area contributed by atoms with E-state index in [2.05, 4.69) is 4.98 Å². The molecule has 1 N–H and O–H groups in total. The predicted molar refractivity (Wildman–Crippen MR) is 86.5 cm³/mol. The van der Waals surface area contributed by atoms with Crippen molar-refractivity contribution in [2.75, 3.05) is 0 Å². The van der Waals surface area contributed by atoms with Crippen molar-refractivity contribution >= 4 is 0 Å². The summed E-state index contributed by atoms with van der Waals surface area (Å²) in [4.78, 5) is 4.04. The highest BCUT2D eigenvalue weighted by atomic mass is 19.1. The van der Waals surface area contributed by atoms with Crippen LogP contribution in [-0.2, 0) is 5.60 Å². The molecule has 0 radical (unpaired) electrons. The molecule has 3 heteroatoms. The van der Waals surface area contributed by atoms with Gasteiger partial charge in [0.2, 0.25) is 0 Å². The lowest BCUT2D eigenvalue weighted by Gasteiger charge is -2.25. The first-order valence-electron chi connectivity index (χ1n) is 7.66. The van der Waals surface area contributed by atoms with E-state index < -0.39 is 5.60 Å². The molecule has 1 heterocycles. The van der Waals surface area contributed by atoms with Crippen LogP contribution in [0.3, 0.4) is 0 Å². The summed E-state index contributed by atoms with van der Waals surface area (Å²) < 4.78 is 13.2. The molecule has 2 atom stereocenters. The number of halogens is 1. The first kappa shape index (κ1) is 14.1. The fourth-order valence-corrected chi connectivity index (χ4v) is 3.59. The molecule has 0 fully saturated rings. The van der Waals surface area contributed by atoms with Crippen molar-refractivity contribution < 1.29 is 9.50 Å². The molecule has 2 nitrogen and oxygen atoms in total. The summed E-state index contributed by atoms with van der Waals surface area (Å²) in [6.07, 6.45) is 3.93. The summed E-state index contributed by atoms with van der Waals surface area (Å²) in [5.41, 5.74) is 2.82. The SMILES string of the molecule is OC1(c2ccncc2)CC(c2ccc(F)cc2)c2ccccc21. The van der Waals surface area contributed by atoms with E-state index in [4.69, 9.17) is 0 Å². The summed E-state index contributed by atoms with van der Waals surface area (Å²) in [5.74, 6) is -0.200. The van der Waals surface area contributed by atoms with Crippen LogP contribution in [0, 0.1) is 5.82 Å². The van der Waals surface area contributed by atoms with Crippen LogP contribution in [0.4, 0.5) is 4.39 Å². The Morgan fingerprint density at radius 1 is 0.957 bits per heavy atom. The Morgan fingerprint density at radius 3 is 2.39 bits per heavy atom. The molecule has 0 saturated heterocycles. The average Bonchev–Trinajstić information content (AvgIpc) is 2.91. The number of hydrogen-bond acceptors (Lipinski definition) is 2. The summed E-state index contributed by atoms with van der Waals surface area (Å²) in [6.45, 7) is 0. The van der Waals surface area contributed by atoms with E-state index in [-0.39, 0.29) is 11.7 Å². The lowest BCUT2D eigenvalue weighted by molar-refractivity contribution is 0.0796. The zero-order valence-corrected chi connectivity index (χ0v) is 12.5. The Balaban J connectivity index is 1.85. The van der Waals surface area contributed by atoms with Gasteiger partial charge >= 0.3 is 0 Å². The minimum absolute atomic E-state index is 0.0463. The van der Waals surface area contributed by atoms with Gasteiger partial charge < -0.3 is 5.11 Å². The third-order valence-corrected chi connectivity index (χ3v) is 4.71. The molecule has 2 unspecified atom stereocenters. The maximum Gasteiger partial charge on any atom is 0.123 e. The van der Waals surface area contributed by atoms with Gasteiger partial charge in [0.25, 0.3) is 0 Å². The van der Waals surface area contributed by atoms with Gasteiger partial charge in [0.05, 0.1) is 0 Å². The maximum atomic E-state index is 13.2. The minimum Gasteiger partial charge on any atom is -0.380 e. The molecular formula is C20H16FNO. The lowest BCUT2D eigenvalue weighted by Crippen LogP contribution is -2.24. The Kier molecular flexibility index (Phi) is 3.24. The number of aliphatic hydroxyl groups is 1. The summed E-state index contributed by atoms with van der Waals surface area (Å²) in [6, 6.07) is 18.2. The number of hydrogen-bond donors (Lipinski definition) is 1. The average molecular weight is 305 g/mol. The van der Waals surface area contributed by atoms with Gasteiger partial charge in [0, 0.05) is 18.3 Å². The van der Waals surface area contributed by atoms with Crippen molar-refractivity contribution in [1.29, 1.82) is 0 Å². The van der Waals surface area contributed by atoms with Crippen LogP contribution in [0.25, 0.3) is 0 Å². The third-order valence-electron chi connectivity index (χ3n) is 4.71. The third kappa shape index (κ3) is 2.25. The van der Waals surface area contributed by atoms with Gasteiger partial charge in [-0.25, -0.2) is 4.39 Å². The normalized spacial score (nSPS) is 22.8. The molecule has 1 aromatic heterocycles. The summed E-state index contributed by atoms with van der Waals surface area (Å²) >= 11 is 0. The van der Waals surface area contributed by atoms with Crippen molar-refractivity contribution in [3.05, 3.63) is 101 Å². The smallest absolute Gasteiger partial charge is 0.123 e. The quantitative estimate of drug-likeness (QED) is 0.776. The molecule has 3 aromatic rings. The standard InChI is InChI=1S/C20H16FNO/c21-16-7-5-14(6-8-16)18-13-20(23,15-9-11-22-12-10-15)19-4-2-1-3-17(18)19/h1-12,18,23H,13H2. The Bertz CT molecular complexity index is 832. The molecule has 1 aliphatic carbocycles. The number of nitrogens with zero attached hydrogens (tertiary/aromatic N) is 1. The second-order valence-corrected chi connectivity index (χ2v) is 5.99. The second kappa shape index (κ2) is 5.28. The van der Waals surface area contributed by atoms with Crippen LogP contribution in [0.2, 0.25) is 0 Å². The van der Waals surface area contributed by atoms with Crippen LogP contribution in [0.5, 0.6) is 0 Å². The van der Waals surface area contributed by atoms with Crippen molar-refractivity contribution in [1.82, 2.24) is 4.98 Å². The van der Waals surface area contributed by atoms with Crippen LogP contribution in [0.15, 0.2) is 73.1 Å². The molecule has 0 aliphatic heterocycles. The summed E-state index contributed by atoms with van der Waals surface area (Å²) in [7, 11) is 0. The van der Waals surface area contributed by atoms with Gasteiger partial charge in [0.1, 0.15) is 11.4 Å². The molecule has 0 saturated carbocycles. The molecule has 2 aromatic carbocycles. The number of aromatic nitrogens is 1. The van der Waals surface area contributed by atoms with Gasteiger partial charge in [0.15, 0.2) is 0 Å². The molecular weight excluding hydrogens is 289 g/mol. The first-order valence-corrected chi connectivity index (χ1v) is 7.66. The Hall–Kier alpha value is -2.52. The van der Waals surface area contributed by atoms with E-state index in [9.17, 15) is 9.50 Å². The molecule has 4 rings (SSSR count). The monoisotopic (exact) mass is 305 g/mol. The zero-order valence-electron chi connectivity index (χ0n) is 12.5. The van der Waals surface area contributed by atoms with E-state index in [1.54, 1.807) is 24.5 Å². The van der Waals surface area contributed by atoms with Gasteiger partial charge in [-0.1, -0.05) is 36.4 Å². The fourth-order valence-electron chi connectivity index (χ4n) is 3.59. The van der Waals surface area contributed by atoms with Crippen LogP contribution in [0.1, 0.15) is 34.6 Å². The van der Waals surface area contributed by atoms with Crippen molar-refractivity contribution in [2.45, 2.75) is 17.9 Å². The number of benzene rings is 2. The first-order chi connectivity index (χ1) is 11.2. The van der Waals surface area contributed by atoms with Crippen molar-refractivity contribution in [3.63, 3.8) is 0 Å². The summed E-state index contributed by atoms with van der Waals surface area (Å²) in [5, 5.41) is 11.4. The van der Waals surface area contributed by atoms with E-state index in [0.717, 1.165) is 22.3 Å². The number of rotatable bonds is 2. The number of fused-ring (bicyclic) bond motifs is 1. The van der Waals surface area contributed by atoms with E-state index >= 15 is 0 Å². The zero-order chi connectivity index (χ0) is 15.9. The highest BCUT2D eigenvalue weighted by Crippen LogP contribution is 2.50. The van der Waals surface area contributed by atoms with Gasteiger partial charge in [-0.15, -0.1) is 0 Å². The van der Waals surface area contributed by atoms with Gasteiger partial charge in [-0.3, -0.25) is 4.98 Å². The van der Waals surface area contributed by atoms with E-state index in [0.29, 0.717) is 6.42 Å². The molecule has 1 aliphatic rings. The van der Waals surface area contributed by atoms with E-state index in [1.165, 1.54) is 12.1 Å². The molecule has 0 amide bonds. The molecule has 23 heavy (non-hydrogen) atoms. The number of pyridine rings is 1. The van der Waals surface area contributed by atoms with Gasteiger partial charge in [-0.05, 0) is 52.9 Å². The van der Waals surface area contributed by atoms with E-state index in [1.807, 2.05) is 36.4 Å². The Morgan fingerprint density at radius 2 is 1.65 bits per heavy atom. The van der Waals surface area contributed by atoms with Crippen molar-refractivity contribution in [3.8, 4) is 0 Å². The molecule has 114 valence electrons. The van der Waals surface area contributed by atoms with Crippen molar-refractivity contribution in [2.24, 2.45) is 0 Å². The lowest BCUT2D eigenvalue weighted by atomic mass is 9.87. The second-order valence-electron chi connectivity index (χ2n) is 5.99. The van der Waals surface area contributed by atoms with Gasteiger partial charge in [-0.2, -0.15) is 0 Å². The largest absolute Gasteiger partial charge is 0.380 e. The minimum atomic E-state index is -1.04. The van der Waals surface area contributed by atoms with Crippen LogP contribution in [-0.4, -0.2) is 10.1 Å².